The van der Waals surface area contributed by atoms with Crippen molar-refractivity contribution in [2.45, 2.75) is 19.4 Å². The monoisotopic (exact) mass is 356 g/mol. The lowest BCUT2D eigenvalue weighted by Crippen LogP contribution is -2.43. The van der Waals surface area contributed by atoms with Crippen LogP contribution in [-0.2, 0) is 24.6 Å². The normalized spacial score (nSPS) is 15.2. The molecule has 1 amide bonds. The summed E-state index contributed by atoms with van der Waals surface area (Å²) in [4.78, 5) is 27.3. The van der Waals surface area contributed by atoms with Gasteiger partial charge in [-0.1, -0.05) is 0 Å². The molecule has 0 aromatic carbocycles. The summed E-state index contributed by atoms with van der Waals surface area (Å²) in [5, 5.41) is 3.06. The summed E-state index contributed by atoms with van der Waals surface area (Å²) in [7, 11) is 2.96. The molecule has 0 atom stereocenters. The number of methoxy groups -OCH3 is 2. The Labute approximate surface area is 145 Å². The number of morpholine rings is 1. The molecule has 0 radical (unpaired) electrons. The maximum atomic E-state index is 12.3. The van der Waals surface area contributed by atoms with Crippen LogP contribution in [0.2, 0.25) is 0 Å². The maximum Gasteiger partial charge on any atom is 0.350 e. The quantitative estimate of drug-likeness (QED) is 0.782. The molecule has 1 aliphatic heterocycles. The van der Waals surface area contributed by atoms with Crippen molar-refractivity contribution in [3.05, 3.63) is 15.8 Å². The van der Waals surface area contributed by atoms with Gasteiger partial charge in [-0.15, -0.1) is 11.3 Å². The molecule has 1 saturated heterocycles. The van der Waals surface area contributed by atoms with Gasteiger partial charge in [0, 0.05) is 25.1 Å². The molecule has 1 fully saturated rings. The Morgan fingerprint density at radius 2 is 2.00 bits per heavy atom. The van der Waals surface area contributed by atoms with Crippen LogP contribution in [0.5, 0.6) is 0 Å². The van der Waals surface area contributed by atoms with E-state index in [0.29, 0.717) is 36.9 Å². The van der Waals surface area contributed by atoms with E-state index in [4.69, 9.17) is 14.2 Å². The number of hydrogen-bond donors (Lipinski definition) is 1. The molecular weight excluding hydrogens is 332 g/mol. The third kappa shape index (κ3) is 4.25. The van der Waals surface area contributed by atoms with Gasteiger partial charge < -0.3 is 24.4 Å². The van der Waals surface area contributed by atoms with Gasteiger partial charge in [-0.3, -0.25) is 4.79 Å². The molecule has 0 aliphatic carbocycles. The summed E-state index contributed by atoms with van der Waals surface area (Å²) < 4.78 is 15.5. The lowest BCUT2D eigenvalue weighted by atomic mass is 10.1. The minimum atomic E-state index is -0.526. The largest absolute Gasteiger partial charge is 0.465 e. The van der Waals surface area contributed by atoms with E-state index in [9.17, 15) is 9.59 Å². The molecule has 0 saturated carbocycles. The molecule has 8 heteroatoms. The fourth-order valence-electron chi connectivity index (χ4n) is 2.26. The maximum absolute atomic E-state index is 12.3. The SMILES string of the molecule is COC(=O)c1sc(C(C)(C)OC)cc1NCC(=O)N1CCOCC1. The Bertz CT molecular complexity index is 593. The zero-order chi connectivity index (χ0) is 17.7. The molecule has 0 spiro atoms. The average Bonchev–Trinajstić information content (AvgIpc) is 3.04. The Hall–Kier alpha value is -1.64. The Morgan fingerprint density at radius 3 is 2.58 bits per heavy atom. The fourth-order valence-corrected chi connectivity index (χ4v) is 3.39. The van der Waals surface area contributed by atoms with E-state index in [0.717, 1.165) is 4.88 Å². The number of esters is 1. The summed E-state index contributed by atoms with van der Waals surface area (Å²) >= 11 is 1.30. The van der Waals surface area contributed by atoms with Gasteiger partial charge in [-0.05, 0) is 19.9 Å². The number of nitrogens with one attached hydrogen (secondary N) is 1. The molecule has 24 heavy (non-hydrogen) atoms. The van der Waals surface area contributed by atoms with E-state index in [1.54, 1.807) is 12.0 Å². The number of anilines is 1. The van der Waals surface area contributed by atoms with Crippen molar-refractivity contribution in [2.75, 3.05) is 52.4 Å². The van der Waals surface area contributed by atoms with Crippen LogP contribution in [-0.4, -0.2) is 63.8 Å². The number of rotatable bonds is 6. The van der Waals surface area contributed by atoms with Crippen LogP contribution in [0, 0.1) is 0 Å². The van der Waals surface area contributed by atoms with Gasteiger partial charge in [0.15, 0.2) is 0 Å². The topological polar surface area (TPSA) is 77.1 Å². The number of carbonyl (C=O) groups excluding carboxylic acids is 2. The smallest absolute Gasteiger partial charge is 0.350 e. The van der Waals surface area contributed by atoms with Crippen LogP contribution in [0.4, 0.5) is 5.69 Å². The van der Waals surface area contributed by atoms with Crippen molar-refractivity contribution in [2.24, 2.45) is 0 Å². The number of hydrogen-bond acceptors (Lipinski definition) is 7. The van der Waals surface area contributed by atoms with E-state index in [-0.39, 0.29) is 12.5 Å². The van der Waals surface area contributed by atoms with Crippen molar-refractivity contribution in [1.29, 1.82) is 0 Å². The standard InChI is InChI=1S/C16H24N2O5S/c1-16(2,22-4)12-9-11(14(24-12)15(20)21-3)17-10-13(19)18-5-7-23-8-6-18/h9,17H,5-8,10H2,1-4H3. The van der Waals surface area contributed by atoms with Gasteiger partial charge in [0.1, 0.15) is 4.88 Å². The van der Waals surface area contributed by atoms with Crippen LogP contribution in [0.25, 0.3) is 0 Å². The van der Waals surface area contributed by atoms with Gasteiger partial charge in [0.25, 0.3) is 0 Å². The lowest BCUT2D eigenvalue weighted by molar-refractivity contribution is -0.133. The minimum Gasteiger partial charge on any atom is -0.465 e. The summed E-state index contributed by atoms with van der Waals surface area (Å²) in [5.74, 6) is -0.452. The van der Waals surface area contributed by atoms with E-state index in [1.165, 1.54) is 18.4 Å². The second-order valence-corrected chi connectivity index (χ2v) is 6.96. The van der Waals surface area contributed by atoms with Gasteiger partial charge in [0.2, 0.25) is 5.91 Å². The first kappa shape index (κ1) is 18.7. The Morgan fingerprint density at radius 1 is 1.33 bits per heavy atom. The molecule has 2 rings (SSSR count). The zero-order valence-electron chi connectivity index (χ0n) is 14.5. The predicted octanol–water partition coefficient (Wildman–Crippen LogP) is 1.69. The zero-order valence-corrected chi connectivity index (χ0v) is 15.3. The average molecular weight is 356 g/mol. The lowest BCUT2D eigenvalue weighted by Gasteiger charge is -2.27. The van der Waals surface area contributed by atoms with Crippen LogP contribution in [0.3, 0.4) is 0 Å². The van der Waals surface area contributed by atoms with Gasteiger partial charge >= 0.3 is 5.97 Å². The molecule has 1 aliphatic rings. The molecule has 2 heterocycles. The molecule has 1 aromatic rings. The van der Waals surface area contributed by atoms with Crippen LogP contribution in [0.1, 0.15) is 28.4 Å². The van der Waals surface area contributed by atoms with Gasteiger partial charge in [0.05, 0.1) is 38.2 Å². The van der Waals surface area contributed by atoms with E-state index in [1.807, 2.05) is 19.9 Å². The highest BCUT2D eigenvalue weighted by atomic mass is 32.1. The highest BCUT2D eigenvalue weighted by molar-refractivity contribution is 7.14. The summed E-state index contributed by atoms with van der Waals surface area (Å²) in [5.41, 5.74) is 0.0651. The van der Waals surface area contributed by atoms with E-state index in [2.05, 4.69) is 5.32 Å². The first-order valence-electron chi connectivity index (χ1n) is 7.76. The Balaban J connectivity index is 2.12. The van der Waals surface area contributed by atoms with Crippen molar-refractivity contribution in [3.8, 4) is 0 Å². The van der Waals surface area contributed by atoms with Crippen LogP contribution < -0.4 is 5.32 Å². The Kier molecular flexibility index (Phi) is 6.20. The van der Waals surface area contributed by atoms with Gasteiger partial charge in [-0.25, -0.2) is 4.79 Å². The molecule has 1 N–H and O–H groups in total. The first-order valence-corrected chi connectivity index (χ1v) is 8.58. The summed E-state index contributed by atoms with van der Waals surface area (Å²) in [6.07, 6.45) is 0. The number of carbonyl (C=O) groups is 2. The molecule has 1 aromatic heterocycles. The third-order valence-electron chi connectivity index (χ3n) is 4.00. The highest BCUT2D eigenvalue weighted by Crippen LogP contribution is 2.36. The number of amides is 1. The molecule has 7 nitrogen and oxygen atoms in total. The van der Waals surface area contributed by atoms with Crippen LogP contribution in [0.15, 0.2) is 6.07 Å². The molecular formula is C16H24N2O5S. The van der Waals surface area contributed by atoms with Crippen LogP contribution >= 0.6 is 11.3 Å². The third-order valence-corrected chi connectivity index (χ3v) is 5.42. The van der Waals surface area contributed by atoms with Crippen molar-refractivity contribution in [3.63, 3.8) is 0 Å². The molecule has 0 bridgehead atoms. The molecule has 0 unspecified atom stereocenters. The summed E-state index contributed by atoms with van der Waals surface area (Å²) in [6.45, 7) is 6.26. The van der Waals surface area contributed by atoms with Crippen molar-refractivity contribution in [1.82, 2.24) is 4.90 Å². The van der Waals surface area contributed by atoms with Crippen molar-refractivity contribution < 1.29 is 23.8 Å². The van der Waals surface area contributed by atoms with E-state index < -0.39 is 11.6 Å². The summed E-state index contributed by atoms with van der Waals surface area (Å²) in [6, 6.07) is 1.84. The molecule has 134 valence electrons. The number of ether oxygens (including phenoxy) is 3. The van der Waals surface area contributed by atoms with Gasteiger partial charge in [-0.2, -0.15) is 0 Å². The first-order chi connectivity index (χ1) is 11.4. The second-order valence-electron chi connectivity index (χ2n) is 5.91. The number of nitrogens with zero attached hydrogens (tertiary/aromatic N) is 1. The minimum absolute atomic E-state index is 0.0205. The highest BCUT2D eigenvalue weighted by Gasteiger charge is 2.27. The van der Waals surface area contributed by atoms with E-state index >= 15 is 0 Å². The van der Waals surface area contributed by atoms with Crippen molar-refractivity contribution >= 4 is 28.9 Å². The fraction of sp³-hybridized carbons (Fsp3) is 0.625. The number of thiophene rings is 1. The second kappa shape index (κ2) is 7.96. The predicted molar refractivity (Wildman–Crippen MR) is 91.6 cm³/mol.